The van der Waals surface area contributed by atoms with Crippen LogP contribution in [0.5, 0.6) is 0 Å². The van der Waals surface area contributed by atoms with E-state index in [0.29, 0.717) is 25.7 Å². The van der Waals surface area contributed by atoms with Gasteiger partial charge in [-0.15, -0.1) is 0 Å². The summed E-state index contributed by atoms with van der Waals surface area (Å²) in [4.78, 5) is 0. The molecule has 0 radical (unpaired) electrons. The van der Waals surface area contributed by atoms with E-state index in [0.717, 1.165) is 30.6 Å². The first-order valence-corrected chi connectivity index (χ1v) is 8.55. The van der Waals surface area contributed by atoms with Crippen LogP contribution in [0.1, 0.15) is 18.4 Å². The minimum atomic E-state index is -3.36. The summed E-state index contributed by atoms with van der Waals surface area (Å²) in [5, 5.41) is 3.36. The van der Waals surface area contributed by atoms with Crippen LogP contribution in [0.3, 0.4) is 0 Å². The Morgan fingerprint density at radius 1 is 1.30 bits per heavy atom. The van der Waals surface area contributed by atoms with Crippen LogP contribution in [-0.2, 0) is 10.2 Å². The van der Waals surface area contributed by atoms with Crippen molar-refractivity contribution in [3.63, 3.8) is 0 Å². The molecule has 20 heavy (non-hydrogen) atoms. The first kappa shape index (κ1) is 13.9. The third-order valence-electron chi connectivity index (χ3n) is 4.13. The lowest BCUT2D eigenvalue weighted by atomic mass is 10.2. The van der Waals surface area contributed by atoms with Crippen molar-refractivity contribution in [3.8, 4) is 0 Å². The van der Waals surface area contributed by atoms with Crippen LogP contribution < -0.4 is 9.62 Å². The molecular formula is C14H21N3O2S. The second-order valence-electron chi connectivity index (χ2n) is 5.52. The second-order valence-corrected chi connectivity index (χ2v) is 7.37. The summed E-state index contributed by atoms with van der Waals surface area (Å²) in [6.45, 7) is 4.66. The maximum Gasteiger partial charge on any atom is 0.304 e. The SMILES string of the molecule is Cc1ccccc1N1CCN(CC2CCCN2)S1(=O)=O. The van der Waals surface area contributed by atoms with Gasteiger partial charge in [-0.25, -0.2) is 0 Å². The first-order chi connectivity index (χ1) is 9.59. The molecule has 0 aromatic heterocycles. The fourth-order valence-corrected chi connectivity index (χ4v) is 4.73. The quantitative estimate of drug-likeness (QED) is 0.909. The molecule has 1 aromatic rings. The fourth-order valence-electron chi connectivity index (χ4n) is 3.00. The lowest BCUT2D eigenvalue weighted by Gasteiger charge is -2.23. The van der Waals surface area contributed by atoms with Crippen LogP contribution >= 0.6 is 0 Å². The number of aryl methyl sites for hydroxylation is 1. The molecule has 0 aliphatic carbocycles. The number of anilines is 1. The van der Waals surface area contributed by atoms with Crippen LogP contribution in [0, 0.1) is 6.92 Å². The van der Waals surface area contributed by atoms with Crippen LogP contribution in [0.25, 0.3) is 0 Å². The highest BCUT2D eigenvalue weighted by molar-refractivity contribution is 7.90. The van der Waals surface area contributed by atoms with Gasteiger partial charge in [0.15, 0.2) is 0 Å². The minimum Gasteiger partial charge on any atom is -0.313 e. The standard InChI is InChI=1S/C14H21N3O2S/c1-12-5-2-3-7-14(12)17-10-9-16(20(17,18)19)11-13-6-4-8-15-13/h2-3,5,7,13,15H,4,6,8-11H2,1H3. The summed E-state index contributed by atoms with van der Waals surface area (Å²) in [6, 6.07) is 7.96. The predicted molar refractivity (Wildman–Crippen MR) is 80.0 cm³/mol. The number of para-hydroxylation sites is 1. The molecule has 1 atom stereocenters. The van der Waals surface area contributed by atoms with Crippen molar-refractivity contribution in [3.05, 3.63) is 29.8 Å². The Bertz CT molecular complexity index is 582. The number of hydrogen-bond acceptors (Lipinski definition) is 3. The van der Waals surface area contributed by atoms with Gasteiger partial charge >= 0.3 is 10.2 Å². The zero-order chi connectivity index (χ0) is 14.2. The molecule has 1 aromatic carbocycles. The molecule has 5 nitrogen and oxygen atoms in total. The van der Waals surface area contributed by atoms with Crippen LogP contribution in [0.4, 0.5) is 5.69 Å². The van der Waals surface area contributed by atoms with Gasteiger partial charge in [-0.05, 0) is 37.9 Å². The van der Waals surface area contributed by atoms with E-state index in [1.54, 1.807) is 4.31 Å². The minimum absolute atomic E-state index is 0.307. The summed E-state index contributed by atoms with van der Waals surface area (Å²) in [5.41, 5.74) is 1.80. The highest BCUT2D eigenvalue weighted by atomic mass is 32.2. The van der Waals surface area contributed by atoms with Gasteiger partial charge in [-0.1, -0.05) is 18.2 Å². The van der Waals surface area contributed by atoms with Gasteiger partial charge in [0.2, 0.25) is 0 Å². The van der Waals surface area contributed by atoms with E-state index >= 15 is 0 Å². The average molecular weight is 295 g/mol. The molecule has 2 heterocycles. The first-order valence-electron chi connectivity index (χ1n) is 7.16. The Morgan fingerprint density at radius 2 is 2.10 bits per heavy atom. The average Bonchev–Trinajstić information content (AvgIpc) is 3.01. The molecule has 2 aliphatic rings. The van der Waals surface area contributed by atoms with Gasteiger partial charge < -0.3 is 5.32 Å². The molecule has 0 amide bonds. The molecule has 0 saturated carbocycles. The maximum absolute atomic E-state index is 12.7. The number of nitrogens with zero attached hydrogens (tertiary/aromatic N) is 2. The Morgan fingerprint density at radius 3 is 2.80 bits per heavy atom. The second kappa shape index (κ2) is 5.35. The van der Waals surface area contributed by atoms with E-state index in [9.17, 15) is 8.42 Å². The molecule has 1 unspecified atom stereocenters. The zero-order valence-electron chi connectivity index (χ0n) is 11.7. The largest absolute Gasteiger partial charge is 0.313 e. The van der Waals surface area contributed by atoms with E-state index in [4.69, 9.17) is 0 Å². The highest BCUT2D eigenvalue weighted by Gasteiger charge is 2.38. The summed E-state index contributed by atoms with van der Waals surface area (Å²) >= 11 is 0. The van der Waals surface area contributed by atoms with Crippen LogP contribution in [-0.4, -0.2) is 44.9 Å². The molecule has 2 fully saturated rings. The van der Waals surface area contributed by atoms with Crippen LogP contribution in [0.2, 0.25) is 0 Å². The van der Waals surface area contributed by atoms with E-state index in [-0.39, 0.29) is 0 Å². The smallest absolute Gasteiger partial charge is 0.304 e. The van der Waals surface area contributed by atoms with Crippen molar-refractivity contribution in [2.24, 2.45) is 0 Å². The number of benzene rings is 1. The van der Waals surface area contributed by atoms with Gasteiger partial charge in [0, 0.05) is 25.7 Å². The maximum atomic E-state index is 12.7. The molecule has 6 heteroatoms. The zero-order valence-corrected chi connectivity index (χ0v) is 12.6. The van der Waals surface area contributed by atoms with E-state index in [1.807, 2.05) is 31.2 Å². The normalized spacial score (nSPS) is 26.2. The molecular weight excluding hydrogens is 274 g/mol. The monoisotopic (exact) mass is 295 g/mol. The summed E-state index contributed by atoms with van der Waals surface area (Å²) in [5.74, 6) is 0. The van der Waals surface area contributed by atoms with Crippen molar-refractivity contribution in [1.82, 2.24) is 9.62 Å². The lowest BCUT2D eigenvalue weighted by Crippen LogP contribution is -2.40. The van der Waals surface area contributed by atoms with E-state index in [2.05, 4.69) is 5.32 Å². The van der Waals surface area contributed by atoms with E-state index < -0.39 is 10.2 Å². The topological polar surface area (TPSA) is 52.6 Å². The summed E-state index contributed by atoms with van der Waals surface area (Å²) in [6.07, 6.45) is 2.20. The summed E-state index contributed by atoms with van der Waals surface area (Å²) in [7, 11) is -3.36. The lowest BCUT2D eigenvalue weighted by molar-refractivity contribution is 0.398. The molecule has 2 aliphatic heterocycles. The van der Waals surface area contributed by atoms with Crippen molar-refractivity contribution in [2.45, 2.75) is 25.8 Å². The molecule has 0 bridgehead atoms. The Balaban J connectivity index is 1.80. The van der Waals surface area contributed by atoms with Gasteiger partial charge in [-0.3, -0.25) is 4.31 Å². The number of nitrogens with one attached hydrogen (secondary N) is 1. The molecule has 0 spiro atoms. The third-order valence-corrected chi connectivity index (χ3v) is 6.05. The Kier molecular flexibility index (Phi) is 3.70. The molecule has 3 rings (SSSR count). The fraction of sp³-hybridized carbons (Fsp3) is 0.571. The Hall–Kier alpha value is -1.11. The number of hydrogen-bond donors (Lipinski definition) is 1. The van der Waals surface area contributed by atoms with E-state index in [1.165, 1.54) is 4.31 Å². The number of rotatable bonds is 3. The molecule has 1 N–H and O–H groups in total. The van der Waals surface area contributed by atoms with Crippen molar-refractivity contribution >= 4 is 15.9 Å². The van der Waals surface area contributed by atoms with Gasteiger partial charge in [0.05, 0.1) is 5.69 Å². The highest BCUT2D eigenvalue weighted by Crippen LogP contribution is 2.28. The predicted octanol–water partition coefficient (Wildman–Crippen LogP) is 1.11. The van der Waals surface area contributed by atoms with Gasteiger partial charge in [0.1, 0.15) is 0 Å². The van der Waals surface area contributed by atoms with Gasteiger partial charge in [-0.2, -0.15) is 12.7 Å². The molecule has 110 valence electrons. The molecule has 2 saturated heterocycles. The van der Waals surface area contributed by atoms with Crippen molar-refractivity contribution in [2.75, 3.05) is 30.5 Å². The van der Waals surface area contributed by atoms with Crippen molar-refractivity contribution < 1.29 is 8.42 Å². The van der Waals surface area contributed by atoms with Crippen molar-refractivity contribution in [1.29, 1.82) is 0 Å². The van der Waals surface area contributed by atoms with Crippen LogP contribution in [0.15, 0.2) is 24.3 Å². The third kappa shape index (κ3) is 2.43. The Labute approximate surface area is 120 Å². The summed E-state index contributed by atoms with van der Waals surface area (Å²) < 4.78 is 28.5. The van der Waals surface area contributed by atoms with Gasteiger partial charge in [0.25, 0.3) is 0 Å².